The second-order valence-electron chi connectivity index (χ2n) is 6.40. The van der Waals surface area contributed by atoms with E-state index in [1.54, 1.807) is 11.3 Å². The Bertz CT molecular complexity index is 685. The first kappa shape index (κ1) is 16.7. The van der Waals surface area contributed by atoms with Gasteiger partial charge in [0.05, 0.1) is 0 Å². The van der Waals surface area contributed by atoms with Crippen molar-refractivity contribution >= 4 is 23.2 Å². The van der Waals surface area contributed by atoms with Crippen LogP contribution < -0.4 is 10.6 Å². The molecule has 1 saturated heterocycles. The van der Waals surface area contributed by atoms with E-state index in [9.17, 15) is 9.59 Å². The van der Waals surface area contributed by atoms with Gasteiger partial charge in [-0.1, -0.05) is 30.3 Å². The summed E-state index contributed by atoms with van der Waals surface area (Å²) in [5.74, 6) is 0.124. The van der Waals surface area contributed by atoms with E-state index >= 15 is 0 Å². The van der Waals surface area contributed by atoms with Crippen molar-refractivity contribution in [2.45, 2.75) is 44.2 Å². The molecule has 1 aliphatic rings. The van der Waals surface area contributed by atoms with Gasteiger partial charge in [0.15, 0.2) is 0 Å². The fraction of sp³-hybridized carbons (Fsp3) is 0.368. The maximum atomic E-state index is 12.2. The van der Waals surface area contributed by atoms with Crippen molar-refractivity contribution in [1.29, 1.82) is 0 Å². The van der Waals surface area contributed by atoms with Crippen molar-refractivity contribution in [3.8, 4) is 0 Å². The topological polar surface area (TPSA) is 58.2 Å². The summed E-state index contributed by atoms with van der Waals surface area (Å²) in [4.78, 5) is 23.9. The van der Waals surface area contributed by atoms with E-state index in [0.717, 1.165) is 18.4 Å². The summed E-state index contributed by atoms with van der Waals surface area (Å²) in [7, 11) is 0. The molecule has 0 saturated carbocycles. The fourth-order valence-corrected chi connectivity index (χ4v) is 3.87. The summed E-state index contributed by atoms with van der Waals surface area (Å²) in [6, 6.07) is 12.2. The van der Waals surface area contributed by atoms with Crippen molar-refractivity contribution in [3.05, 3.63) is 58.3 Å². The van der Waals surface area contributed by atoms with Gasteiger partial charge in [0, 0.05) is 24.9 Å². The molecule has 2 N–H and O–H groups in total. The lowest BCUT2D eigenvalue weighted by Gasteiger charge is -2.29. The summed E-state index contributed by atoms with van der Waals surface area (Å²) in [6.07, 6.45) is 3.21. The second kappa shape index (κ2) is 7.62. The van der Waals surface area contributed by atoms with Gasteiger partial charge >= 0.3 is 0 Å². The number of amides is 2. The summed E-state index contributed by atoms with van der Waals surface area (Å²) in [6.45, 7) is 0.570. The molecule has 126 valence electrons. The smallest absolute Gasteiger partial charge is 0.220 e. The van der Waals surface area contributed by atoms with Crippen molar-refractivity contribution < 1.29 is 9.59 Å². The van der Waals surface area contributed by atoms with Crippen LogP contribution >= 0.6 is 11.3 Å². The zero-order valence-electron chi connectivity index (χ0n) is 13.6. The molecule has 0 bridgehead atoms. The number of carbonyl (C=O) groups is 2. The second-order valence-corrected chi connectivity index (χ2v) is 7.18. The van der Waals surface area contributed by atoms with E-state index in [1.165, 1.54) is 5.56 Å². The number of rotatable bonds is 7. The Morgan fingerprint density at radius 1 is 1.21 bits per heavy atom. The molecule has 1 aromatic heterocycles. The van der Waals surface area contributed by atoms with E-state index in [0.29, 0.717) is 25.8 Å². The van der Waals surface area contributed by atoms with Gasteiger partial charge in [0.2, 0.25) is 11.8 Å². The number of benzene rings is 1. The number of carbonyl (C=O) groups excluding carboxylic acids is 2. The minimum Gasteiger partial charge on any atom is -0.352 e. The van der Waals surface area contributed by atoms with E-state index < -0.39 is 0 Å². The van der Waals surface area contributed by atoms with Crippen LogP contribution in [0.3, 0.4) is 0 Å². The summed E-state index contributed by atoms with van der Waals surface area (Å²) >= 11 is 1.63. The van der Waals surface area contributed by atoms with E-state index in [4.69, 9.17) is 0 Å². The van der Waals surface area contributed by atoms with Crippen LogP contribution in [0.15, 0.2) is 47.2 Å². The normalized spacial score (nSPS) is 19.9. The largest absolute Gasteiger partial charge is 0.352 e. The van der Waals surface area contributed by atoms with Crippen LogP contribution in [0.5, 0.6) is 0 Å². The van der Waals surface area contributed by atoms with E-state index in [-0.39, 0.29) is 17.4 Å². The van der Waals surface area contributed by atoms with Crippen molar-refractivity contribution in [1.82, 2.24) is 10.6 Å². The number of thiophene rings is 1. The fourth-order valence-electron chi connectivity index (χ4n) is 3.20. The predicted octanol–water partition coefficient (Wildman–Crippen LogP) is 3.04. The molecule has 1 aromatic carbocycles. The third-order valence-corrected chi connectivity index (χ3v) is 5.25. The maximum Gasteiger partial charge on any atom is 0.220 e. The maximum absolute atomic E-state index is 12.2. The van der Waals surface area contributed by atoms with Gasteiger partial charge < -0.3 is 10.6 Å². The van der Waals surface area contributed by atoms with Gasteiger partial charge in [-0.25, -0.2) is 0 Å². The van der Waals surface area contributed by atoms with Crippen molar-refractivity contribution in [3.63, 3.8) is 0 Å². The first-order valence-electron chi connectivity index (χ1n) is 8.28. The Labute approximate surface area is 146 Å². The van der Waals surface area contributed by atoms with Gasteiger partial charge in [-0.15, -0.1) is 0 Å². The standard InChI is InChI=1S/C19H22N2O2S/c22-17(20-13-16-8-11-24-14-16)6-9-19(10-7-18(23)21-19)12-15-4-2-1-3-5-15/h1-5,8,11,14H,6-7,9-10,12-13H2,(H,20,22)(H,21,23). The molecule has 1 fully saturated rings. The van der Waals surface area contributed by atoms with Gasteiger partial charge in [0.1, 0.15) is 0 Å². The van der Waals surface area contributed by atoms with Gasteiger partial charge in [-0.05, 0) is 47.2 Å². The van der Waals surface area contributed by atoms with Crippen LogP contribution in [0, 0.1) is 0 Å². The van der Waals surface area contributed by atoms with E-state index in [2.05, 4.69) is 22.8 Å². The van der Waals surface area contributed by atoms with Crippen LogP contribution in [0.4, 0.5) is 0 Å². The Hall–Kier alpha value is -2.14. The van der Waals surface area contributed by atoms with Gasteiger partial charge in [0.25, 0.3) is 0 Å². The quantitative estimate of drug-likeness (QED) is 0.812. The monoisotopic (exact) mass is 342 g/mol. The highest BCUT2D eigenvalue weighted by atomic mass is 32.1. The molecule has 0 spiro atoms. The minimum atomic E-state index is -0.293. The SMILES string of the molecule is O=C(CCC1(Cc2ccccc2)CCC(=O)N1)NCc1ccsc1. The lowest BCUT2D eigenvalue weighted by molar-refractivity contribution is -0.122. The number of hydrogen-bond donors (Lipinski definition) is 2. The molecule has 4 nitrogen and oxygen atoms in total. The highest BCUT2D eigenvalue weighted by Crippen LogP contribution is 2.29. The molecule has 1 atom stereocenters. The summed E-state index contributed by atoms with van der Waals surface area (Å²) in [5.41, 5.74) is 2.03. The molecule has 2 heterocycles. The molecular formula is C19H22N2O2S. The Morgan fingerprint density at radius 2 is 2.04 bits per heavy atom. The van der Waals surface area contributed by atoms with Gasteiger partial charge in [-0.3, -0.25) is 9.59 Å². The number of hydrogen-bond acceptors (Lipinski definition) is 3. The van der Waals surface area contributed by atoms with Crippen molar-refractivity contribution in [2.24, 2.45) is 0 Å². The lowest BCUT2D eigenvalue weighted by Crippen LogP contribution is -2.44. The predicted molar refractivity (Wildman–Crippen MR) is 95.7 cm³/mol. The minimum absolute atomic E-state index is 0.0368. The highest BCUT2D eigenvalue weighted by molar-refractivity contribution is 7.07. The first-order chi connectivity index (χ1) is 11.7. The molecule has 24 heavy (non-hydrogen) atoms. The molecular weight excluding hydrogens is 320 g/mol. The third kappa shape index (κ3) is 4.45. The average Bonchev–Trinajstić information content (AvgIpc) is 3.22. The van der Waals surface area contributed by atoms with Crippen LogP contribution in [0.2, 0.25) is 0 Å². The Morgan fingerprint density at radius 3 is 2.71 bits per heavy atom. The van der Waals surface area contributed by atoms with Crippen LogP contribution in [0.1, 0.15) is 36.8 Å². The molecule has 3 rings (SSSR count). The highest BCUT2D eigenvalue weighted by Gasteiger charge is 2.37. The Balaban J connectivity index is 1.56. The molecule has 1 aliphatic heterocycles. The van der Waals surface area contributed by atoms with Crippen LogP contribution in [-0.4, -0.2) is 17.4 Å². The van der Waals surface area contributed by atoms with Crippen LogP contribution in [0.25, 0.3) is 0 Å². The zero-order valence-corrected chi connectivity index (χ0v) is 14.4. The molecule has 0 aliphatic carbocycles. The molecule has 0 radical (unpaired) electrons. The Kier molecular flexibility index (Phi) is 5.30. The third-order valence-electron chi connectivity index (χ3n) is 4.52. The number of nitrogens with one attached hydrogen (secondary N) is 2. The lowest BCUT2D eigenvalue weighted by atomic mass is 9.85. The van der Waals surface area contributed by atoms with Crippen LogP contribution in [-0.2, 0) is 22.6 Å². The summed E-state index contributed by atoms with van der Waals surface area (Å²) in [5, 5.41) is 10.1. The first-order valence-corrected chi connectivity index (χ1v) is 9.22. The van der Waals surface area contributed by atoms with E-state index in [1.807, 2.05) is 35.0 Å². The molecule has 2 aromatic rings. The van der Waals surface area contributed by atoms with Gasteiger partial charge in [-0.2, -0.15) is 11.3 Å². The van der Waals surface area contributed by atoms with Crippen molar-refractivity contribution in [2.75, 3.05) is 0 Å². The molecule has 5 heteroatoms. The molecule has 1 unspecified atom stereocenters. The summed E-state index contributed by atoms with van der Waals surface area (Å²) < 4.78 is 0. The average molecular weight is 342 g/mol. The molecule has 2 amide bonds. The zero-order chi connectivity index (χ0) is 16.8.